The van der Waals surface area contributed by atoms with Crippen molar-refractivity contribution in [1.29, 1.82) is 0 Å². The van der Waals surface area contributed by atoms with E-state index in [4.69, 9.17) is 0 Å². The molecule has 0 aliphatic heterocycles. The Labute approximate surface area is 106 Å². The molecular weight excluding hydrogens is 236 g/mol. The number of halogens is 2. The first-order valence-electron chi connectivity index (χ1n) is 6.24. The molecule has 0 bridgehead atoms. The fraction of sp³-hybridized carbons (Fsp3) is 0.500. The number of carbonyl (C=O) groups excluding carboxylic acids is 1. The minimum absolute atomic E-state index is 0.335. The van der Waals surface area contributed by atoms with E-state index in [1.54, 1.807) is 6.07 Å². The summed E-state index contributed by atoms with van der Waals surface area (Å²) < 4.78 is 26.0. The van der Waals surface area contributed by atoms with Crippen LogP contribution < -0.4 is 4.90 Å². The maximum Gasteiger partial charge on any atom is 0.160 e. The molecule has 0 radical (unpaired) electrons. The van der Waals surface area contributed by atoms with Gasteiger partial charge in [0.05, 0.1) is 0 Å². The van der Waals surface area contributed by atoms with Gasteiger partial charge in [0, 0.05) is 38.2 Å². The number of anilines is 1. The molecule has 1 aliphatic carbocycles. The van der Waals surface area contributed by atoms with Gasteiger partial charge in [-0.3, -0.25) is 4.79 Å². The van der Waals surface area contributed by atoms with Crippen molar-refractivity contribution in [3.63, 3.8) is 0 Å². The Morgan fingerprint density at radius 3 is 2.50 bits per heavy atom. The number of carbonyl (C=O) groups is 1. The van der Waals surface area contributed by atoms with Gasteiger partial charge in [-0.25, -0.2) is 8.78 Å². The van der Waals surface area contributed by atoms with Crippen LogP contribution in [0.15, 0.2) is 18.2 Å². The van der Waals surface area contributed by atoms with Crippen molar-refractivity contribution in [3.8, 4) is 0 Å². The summed E-state index contributed by atoms with van der Waals surface area (Å²) in [7, 11) is 1.86. The van der Waals surface area contributed by atoms with Crippen molar-refractivity contribution in [3.05, 3.63) is 29.8 Å². The predicted octanol–water partition coefficient (Wildman–Crippen LogP) is 3.16. The molecule has 0 saturated heterocycles. The summed E-state index contributed by atoms with van der Waals surface area (Å²) in [4.78, 5) is 13.1. The Morgan fingerprint density at radius 2 is 1.89 bits per heavy atom. The van der Waals surface area contributed by atoms with Gasteiger partial charge in [0.15, 0.2) is 11.6 Å². The van der Waals surface area contributed by atoms with Crippen molar-refractivity contribution >= 4 is 11.5 Å². The van der Waals surface area contributed by atoms with Gasteiger partial charge >= 0.3 is 0 Å². The zero-order valence-electron chi connectivity index (χ0n) is 10.5. The van der Waals surface area contributed by atoms with E-state index in [1.165, 1.54) is 6.07 Å². The third kappa shape index (κ3) is 3.06. The number of benzene rings is 1. The van der Waals surface area contributed by atoms with Crippen LogP contribution >= 0.6 is 0 Å². The van der Waals surface area contributed by atoms with E-state index in [0.29, 0.717) is 30.2 Å². The van der Waals surface area contributed by atoms with Crippen molar-refractivity contribution in [2.45, 2.75) is 25.7 Å². The molecule has 0 unspecified atom stereocenters. The molecule has 4 heteroatoms. The van der Waals surface area contributed by atoms with Crippen LogP contribution in [0.2, 0.25) is 0 Å². The van der Waals surface area contributed by atoms with Crippen molar-refractivity contribution in [1.82, 2.24) is 0 Å². The lowest BCUT2D eigenvalue weighted by Crippen LogP contribution is -2.28. The summed E-state index contributed by atoms with van der Waals surface area (Å²) in [6.45, 7) is 0.776. The maximum absolute atomic E-state index is 13.1. The molecule has 2 nitrogen and oxygen atoms in total. The van der Waals surface area contributed by atoms with Crippen LogP contribution in [-0.2, 0) is 4.79 Å². The van der Waals surface area contributed by atoms with Gasteiger partial charge in [-0.15, -0.1) is 0 Å². The van der Waals surface area contributed by atoms with Crippen LogP contribution in [0.5, 0.6) is 0 Å². The SMILES string of the molecule is CN(CC1CCC(=O)CC1)c1ccc(F)c(F)c1. The Morgan fingerprint density at radius 1 is 1.22 bits per heavy atom. The number of ketones is 1. The fourth-order valence-electron chi connectivity index (χ4n) is 2.40. The zero-order chi connectivity index (χ0) is 13.1. The molecule has 0 heterocycles. The molecule has 0 aromatic heterocycles. The number of hydrogen-bond acceptors (Lipinski definition) is 2. The van der Waals surface area contributed by atoms with Gasteiger partial charge in [0.2, 0.25) is 0 Å². The van der Waals surface area contributed by atoms with Gasteiger partial charge in [0.25, 0.3) is 0 Å². The lowest BCUT2D eigenvalue weighted by Gasteiger charge is -2.28. The summed E-state index contributed by atoms with van der Waals surface area (Å²) >= 11 is 0. The minimum Gasteiger partial charge on any atom is -0.374 e. The monoisotopic (exact) mass is 253 g/mol. The molecule has 98 valence electrons. The standard InChI is InChI=1S/C14H17F2NO/c1-17(9-10-2-5-12(18)6-3-10)11-4-7-13(15)14(16)8-11/h4,7-8,10H,2-3,5-6,9H2,1H3. The maximum atomic E-state index is 13.1. The van der Waals surface area contributed by atoms with Crippen molar-refractivity contribution in [2.75, 3.05) is 18.5 Å². The summed E-state index contributed by atoms with van der Waals surface area (Å²) in [6, 6.07) is 3.93. The highest BCUT2D eigenvalue weighted by Crippen LogP contribution is 2.24. The molecule has 0 atom stereocenters. The zero-order valence-corrected chi connectivity index (χ0v) is 10.5. The Balaban J connectivity index is 1.96. The molecule has 1 saturated carbocycles. The highest BCUT2D eigenvalue weighted by Gasteiger charge is 2.20. The lowest BCUT2D eigenvalue weighted by atomic mass is 9.88. The highest BCUT2D eigenvalue weighted by molar-refractivity contribution is 5.79. The second-order valence-corrected chi connectivity index (χ2v) is 4.96. The molecular formula is C14H17F2NO. The quantitative estimate of drug-likeness (QED) is 0.824. The summed E-state index contributed by atoms with van der Waals surface area (Å²) in [5.41, 5.74) is 0.672. The van der Waals surface area contributed by atoms with Crippen LogP contribution in [-0.4, -0.2) is 19.4 Å². The number of hydrogen-bond donors (Lipinski definition) is 0. The van der Waals surface area contributed by atoms with Gasteiger partial charge < -0.3 is 4.90 Å². The third-order valence-electron chi connectivity index (χ3n) is 3.54. The van der Waals surface area contributed by atoms with E-state index in [0.717, 1.165) is 25.5 Å². The molecule has 2 rings (SSSR count). The first kappa shape index (κ1) is 13.0. The Kier molecular flexibility index (Phi) is 3.94. The molecule has 0 spiro atoms. The molecule has 1 fully saturated rings. The Bertz CT molecular complexity index is 437. The summed E-state index contributed by atoms with van der Waals surface area (Å²) in [5.74, 6) is -0.851. The molecule has 1 aromatic carbocycles. The van der Waals surface area contributed by atoms with Gasteiger partial charge in [-0.1, -0.05) is 0 Å². The van der Waals surface area contributed by atoms with Gasteiger partial charge in [-0.2, -0.15) is 0 Å². The van der Waals surface area contributed by atoms with Crippen LogP contribution in [0, 0.1) is 17.6 Å². The van der Waals surface area contributed by atoms with E-state index in [1.807, 2.05) is 11.9 Å². The topological polar surface area (TPSA) is 20.3 Å². The largest absolute Gasteiger partial charge is 0.374 e. The van der Waals surface area contributed by atoms with E-state index in [2.05, 4.69) is 0 Å². The highest BCUT2D eigenvalue weighted by atomic mass is 19.2. The average molecular weight is 253 g/mol. The molecule has 0 N–H and O–H groups in total. The van der Waals surface area contributed by atoms with Crippen LogP contribution in [0.3, 0.4) is 0 Å². The predicted molar refractivity (Wildman–Crippen MR) is 66.6 cm³/mol. The van der Waals surface area contributed by atoms with Crippen LogP contribution in [0.25, 0.3) is 0 Å². The smallest absolute Gasteiger partial charge is 0.160 e. The van der Waals surface area contributed by atoms with Gasteiger partial charge in [-0.05, 0) is 30.9 Å². The van der Waals surface area contributed by atoms with E-state index in [-0.39, 0.29) is 0 Å². The minimum atomic E-state index is -0.824. The van der Waals surface area contributed by atoms with Gasteiger partial charge in [0.1, 0.15) is 5.78 Å². The van der Waals surface area contributed by atoms with E-state index < -0.39 is 11.6 Å². The van der Waals surface area contributed by atoms with Crippen LogP contribution in [0.4, 0.5) is 14.5 Å². The lowest BCUT2D eigenvalue weighted by molar-refractivity contribution is -0.120. The second kappa shape index (κ2) is 5.46. The number of nitrogens with zero attached hydrogens (tertiary/aromatic N) is 1. The average Bonchev–Trinajstić information content (AvgIpc) is 2.35. The molecule has 0 amide bonds. The molecule has 1 aromatic rings. The van der Waals surface area contributed by atoms with Crippen LogP contribution in [0.1, 0.15) is 25.7 Å². The normalized spacial score (nSPS) is 16.9. The van der Waals surface area contributed by atoms with E-state index >= 15 is 0 Å². The summed E-state index contributed by atoms with van der Waals surface area (Å²) in [6.07, 6.45) is 3.09. The molecule has 1 aliphatic rings. The first-order valence-corrected chi connectivity index (χ1v) is 6.24. The third-order valence-corrected chi connectivity index (χ3v) is 3.54. The second-order valence-electron chi connectivity index (χ2n) is 4.96. The number of Topliss-reactive ketones (excluding diaryl/α,β-unsaturated/α-hetero) is 1. The summed E-state index contributed by atoms with van der Waals surface area (Å²) in [5, 5.41) is 0. The van der Waals surface area contributed by atoms with Crippen molar-refractivity contribution in [2.24, 2.45) is 5.92 Å². The van der Waals surface area contributed by atoms with Crippen molar-refractivity contribution < 1.29 is 13.6 Å². The van der Waals surface area contributed by atoms with E-state index in [9.17, 15) is 13.6 Å². The Hall–Kier alpha value is -1.45. The number of rotatable bonds is 3. The fourth-order valence-corrected chi connectivity index (χ4v) is 2.40. The molecule has 18 heavy (non-hydrogen) atoms. The first-order chi connectivity index (χ1) is 8.56.